The molecule has 1 aliphatic heterocycles. The van der Waals surface area contributed by atoms with Gasteiger partial charge in [-0.05, 0) is 37.3 Å². The second-order valence-electron chi connectivity index (χ2n) is 5.70. The molecular formula is C14H21N3O2. The first kappa shape index (κ1) is 13.8. The van der Waals surface area contributed by atoms with E-state index in [1.807, 2.05) is 6.92 Å². The minimum atomic E-state index is -0.353. The Balaban J connectivity index is 2.06. The number of benzene rings is 1. The molecule has 1 aliphatic rings. The molecule has 0 radical (unpaired) electrons. The number of rotatable bonds is 4. The Bertz CT molecular complexity index is 468. The van der Waals surface area contributed by atoms with E-state index < -0.39 is 0 Å². The molecule has 1 heterocycles. The normalized spacial score (nSPS) is 23.1. The minimum Gasteiger partial charge on any atom is -0.384 e. The number of aryl methyl sites for hydroxylation is 1. The second kappa shape index (κ2) is 5.57. The van der Waals surface area contributed by atoms with E-state index in [1.54, 1.807) is 18.2 Å². The van der Waals surface area contributed by atoms with E-state index in [-0.39, 0.29) is 16.0 Å². The molecule has 0 spiro atoms. The highest BCUT2D eigenvalue weighted by molar-refractivity contribution is 5.56. The van der Waals surface area contributed by atoms with Crippen LogP contribution in [0.1, 0.15) is 25.3 Å². The fourth-order valence-electron chi connectivity index (χ4n) is 2.49. The van der Waals surface area contributed by atoms with Crippen LogP contribution in [0.25, 0.3) is 0 Å². The van der Waals surface area contributed by atoms with Gasteiger partial charge in [0.05, 0.1) is 4.92 Å². The molecule has 0 aliphatic carbocycles. The number of nitro groups is 1. The summed E-state index contributed by atoms with van der Waals surface area (Å²) in [5, 5.41) is 17.6. The molecule has 1 aromatic carbocycles. The molecule has 1 saturated heterocycles. The van der Waals surface area contributed by atoms with Gasteiger partial charge in [0.25, 0.3) is 5.69 Å². The average Bonchev–Trinajstić information content (AvgIpc) is 2.38. The third-order valence-corrected chi connectivity index (χ3v) is 3.82. The first-order valence-electron chi connectivity index (χ1n) is 6.70. The van der Waals surface area contributed by atoms with Crippen LogP contribution in [0.4, 0.5) is 11.4 Å². The van der Waals surface area contributed by atoms with Gasteiger partial charge < -0.3 is 10.6 Å². The van der Waals surface area contributed by atoms with Gasteiger partial charge in [0.1, 0.15) is 0 Å². The molecule has 0 bridgehead atoms. The van der Waals surface area contributed by atoms with Crippen LogP contribution in [0.15, 0.2) is 18.2 Å². The van der Waals surface area contributed by atoms with E-state index >= 15 is 0 Å². The van der Waals surface area contributed by atoms with Crippen LogP contribution in [0.5, 0.6) is 0 Å². The van der Waals surface area contributed by atoms with Crippen molar-refractivity contribution >= 4 is 11.4 Å². The Morgan fingerprint density at radius 2 is 2.32 bits per heavy atom. The highest BCUT2D eigenvalue weighted by Crippen LogP contribution is 2.28. The molecule has 2 rings (SSSR count). The molecule has 104 valence electrons. The van der Waals surface area contributed by atoms with Crippen molar-refractivity contribution in [3.63, 3.8) is 0 Å². The molecule has 0 amide bonds. The van der Waals surface area contributed by atoms with Gasteiger partial charge in [-0.25, -0.2) is 0 Å². The molecule has 1 unspecified atom stereocenters. The number of hydrogen-bond acceptors (Lipinski definition) is 4. The Kier molecular flexibility index (Phi) is 4.04. The fourth-order valence-corrected chi connectivity index (χ4v) is 2.49. The van der Waals surface area contributed by atoms with E-state index in [0.717, 1.165) is 30.9 Å². The minimum absolute atomic E-state index is 0.139. The lowest BCUT2D eigenvalue weighted by Gasteiger charge is -2.34. The number of nitrogens with one attached hydrogen (secondary N) is 2. The van der Waals surface area contributed by atoms with Crippen molar-refractivity contribution in [2.45, 2.75) is 26.7 Å². The van der Waals surface area contributed by atoms with Gasteiger partial charge in [0, 0.05) is 30.9 Å². The maximum Gasteiger partial charge on any atom is 0.271 e. The van der Waals surface area contributed by atoms with E-state index in [4.69, 9.17) is 0 Å². The molecule has 5 heteroatoms. The third kappa shape index (κ3) is 3.44. The fraction of sp³-hybridized carbons (Fsp3) is 0.571. The van der Waals surface area contributed by atoms with Gasteiger partial charge in [0.2, 0.25) is 0 Å². The summed E-state index contributed by atoms with van der Waals surface area (Å²) in [6.07, 6.45) is 2.37. The third-order valence-electron chi connectivity index (χ3n) is 3.82. The van der Waals surface area contributed by atoms with Crippen LogP contribution in [-0.2, 0) is 0 Å². The molecule has 0 saturated carbocycles. The molecule has 1 atom stereocenters. The molecule has 0 aromatic heterocycles. The number of piperidine rings is 1. The van der Waals surface area contributed by atoms with Crippen LogP contribution in [0, 0.1) is 22.5 Å². The maximum absolute atomic E-state index is 10.8. The number of hydrogen-bond donors (Lipinski definition) is 2. The molecule has 1 fully saturated rings. The second-order valence-corrected chi connectivity index (χ2v) is 5.70. The quantitative estimate of drug-likeness (QED) is 0.647. The Morgan fingerprint density at radius 1 is 1.53 bits per heavy atom. The van der Waals surface area contributed by atoms with Gasteiger partial charge in [-0.2, -0.15) is 0 Å². The number of nitro benzene ring substituents is 1. The van der Waals surface area contributed by atoms with Gasteiger partial charge >= 0.3 is 0 Å². The highest BCUT2D eigenvalue weighted by atomic mass is 16.6. The van der Waals surface area contributed by atoms with E-state index in [9.17, 15) is 10.1 Å². The average molecular weight is 263 g/mol. The predicted octanol–water partition coefficient (Wildman–Crippen LogP) is 2.70. The zero-order valence-corrected chi connectivity index (χ0v) is 11.5. The van der Waals surface area contributed by atoms with Crippen LogP contribution >= 0.6 is 0 Å². The van der Waals surface area contributed by atoms with Crippen molar-refractivity contribution in [3.05, 3.63) is 33.9 Å². The van der Waals surface area contributed by atoms with Crippen molar-refractivity contribution in [1.29, 1.82) is 0 Å². The Hall–Kier alpha value is -1.62. The summed E-state index contributed by atoms with van der Waals surface area (Å²) in [5.74, 6) is 0. The summed E-state index contributed by atoms with van der Waals surface area (Å²) in [6, 6.07) is 4.96. The van der Waals surface area contributed by atoms with Gasteiger partial charge in [-0.1, -0.05) is 13.0 Å². The Morgan fingerprint density at radius 3 is 2.95 bits per heavy atom. The predicted molar refractivity (Wildman–Crippen MR) is 76.5 cm³/mol. The number of anilines is 1. The summed E-state index contributed by atoms with van der Waals surface area (Å²) < 4.78 is 0. The van der Waals surface area contributed by atoms with Crippen LogP contribution in [0.2, 0.25) is 0 Å². The number of non-ortho nitro benzene ring substituents is 1. The topological polar surface area (TPSA) is 67.2 Å². The number of nitrogens with zero attached hydrogens (tertiary/aromatic N) is 1. The van der Waals surface area contributed by atoms with E-state index in [0.29, 0.717) is 0 Å². The summed E-state index contributed by atoms with van der Waals surface area (Å²) >= 11 is 0. The monoisotopic (exact) mass is 263 g/mol. The van der Waals surface area contributed by atoms with Gasteiger partial charge in [0.15, 0.2) is 0 Å². The summed E-state index contributed by atoms with van der Waals surface area (Å²) in [7, 11) is 0. The van der Waals surface area contributed by atoms with Gasteiger partial charge in [-0.3, -0.25) is 10.1 Å². The van der Waals surface area contributed by atoms with Crippen molar-refractivity contribution in [1.82, 2.24) is 5.32 Å². The van der Waals surface area contributed by atoms with E-state index in [2.05, 4.69) is 17.6 Å². The molecule has 1 aromatic rings. The SMILES string of the molecule is Cc1ccc([N+](=O)[O-])cc1NCC1(C)CCCNC1. The summed E-state index contributed by atoms with van der Waals surface area (Å²) in [5.41, 5.74) is 2.26. The molecule has 19 heavy (non-hydrogen) atoms. The first-order valence-corrected chi connectivity index (χ1v) is 6.70. The van der Waals surface area contributed by atoms with Crippen molar-refractivity contribution in [2.75, 3.05) is 25.0 Å². The van der Waals surface area contributed by atoms with Crippen LogP contribution in [-0.4, -0.2) is 24.6 Å². The van der Waals surface area contributed by atoms with Crippen LogP contribution < -0.4 is 10.6 Å². The van der Waals surface area contributed by atoms with Crippen molar-refractivity contribution in [3.8, 4) is 0 Å². The van der Waals surface area contributed by atoms with Crippen LogP contribution in [0.3, 0.4) is 0 Å². The summed E-state index contributed by atoms with van der Waals surface area (Å²) in [4.78, 5) is 10.4. The first-order chi connectivity index (χ1) is 9.00. The molecular weight excluding hydrogens is 242 g/mol. The Labute approximate surface area is 113 Å². The molecule has 5 nitrogen and oxygen atoms in total. The molecule has 2 N–H and O–H groups in total. The lowest BCUT2D eigenvalue weighted by Crippen LogP contribution is -2.42. The van der Waals surface area contributed by atoms with Crippen molar-refractivity contribution < 1.29 is 4.92 Å². The smallest absolute Gasteiger partial charge is 0.271 e. The summed E-state index contributed by atoms with van der Waals surface area (Å²) in [6.45, 7) is 7.13. The zero-order valence-electron chi connectivity index (χ0n) is 11.5. The maximum atomic E-state index is 10.8. The van der Waals surface area contributed by atoms with E-state index in [1.165, 1.54) is 12.8 Å². The largest absolute Gasteiger partial charge is 0.384 e. The lowest BCUT2D eigenvalue weighted by molar-refractivity contribution is -0.384. The van der Waals surface area contributed by atoms with Gasteiger partial charge in [-0.15, -0.1) is 0 Å². The standard InChI is InChI=1S/C14H21N3O2/c1-11-4-5-12(17(18)19)8-13(11)16-10-14(2)6-3-7-15-9-14/h4-5,8,15-16H,3,6-7,9-10H2,1-2H3. The zero-order chi connectivity index (χ0) is 13.9. The van der Waals surface area contributed by atoms with Crippen molar-refractivity contribution in [2.24, 2.45) is 5.41 Å². The lowest BCUT2D eigenvalue weighted by atomic mass is 9.82. The highest BCUT2D eigenvalue weighted by Gasteiger charge is 2.26.